The van der Waals surface area contributed by atoms with Crippen molar-refractivity contribution in [2.45, 2.75) is 13.5 Å². The molecule has 0 fully saturated rings. The third-order valence-electron chi connectivity index (χ3n) is 4.12. The van der Waals surface area contributed by atoms with Gasteiger partial charge in [-0.2, -0.15) is 5.10 Å². The lowest BCUT2D eigenvalue weighted by molar-refractivity contribution is 0.355. The zero-order valence-electron chi connectivity index (χ0n) is 16.3. The number of rotatable bonds is 7. The van der Waals surface area contributed by atoms with E-state index in [0.717, 1.165) is 23.5 Å². The van der Waals surface area contributed by atoms with Crippen LogP contribution in [0.1, 0.15) is 12.5 Å². The van der Waals surface area contributed by atoms with Gasteiger partial charge in [-0.25, -0.2) is 9.67 Å². The van der Waals surface area contributed by atoms with Gasteiger partial charge >= 0.3 is 0 Å². The summed E-state index contributed by atoms with van der Waals surface area (Å²) in [5.41, 5.74) is 3.00. The van der Waals surface area contributed by atoms with Gasteiger partial charge in [-0.3, -0.25) is 0 Å². The molecule has 7 heteroatoms. The van der Waals surface area contributed by atoms with Gasteiger partial charge in [0.1, 0.15) is 0 Å². The van der Waals surface area contributed by atoms with E-state index >= 15 is 0 Å². The highest BCUT2D eigenvalue weighted by Crippen LogP contribution is 2.29. The van der Waals surface area contributed by atoms with Crippen LogP contribution in [0.4, 0.5) is 5.69 Å². The number of nitrogens with one attached hydrogen (secondary N) is 2. The molecule has 2 N–H and O–H groups in total. The van der Waals surface area contributed by atoms with Crippen LogP contribution in [0, 0.1) is 0 Å². The van der Waals surface area contributed by atoms with E-state index in [4.69, 9.17) is 9.47 Å². The molecule has 0 bridgehead atoms. The van der Waals surface area contributed by atoms with Crippen molar-refractivity contribution < 1.29 is 9.47 Å². The van der Waals surface area contributed by atoms with Crippen LogP contribution >= 0.6 is 0 Å². The summed E-state index contributed by atoms with van der Waals surface area (Å²) in [7, 11) is 3.24. The fourth-order valence-electron chi connectivity index (χ4n) is 2.70. The quantitative estimate of drug-likeness (QED) is 0.486. The molecule has 0 radical (unpaired) electrons. The maximum Gasteiger partial charge on any atom is 0.196 e. The number of hydrogen-bond donors (Lipinski definition) is 2. The van der Waals surface area contributed by atoms with E-state index in [1.165, 1.54) is 0 Å². The summed E-state index contributed by atoms with van der Waals surface area (Å²) < 4.78 is 12.5. The van der Waals surface area contributed by atoms with Gasteiger partial charge in [0.05, 0.1) is 26.5 Å². The number of aliphatic imine (C=N–C) groups is 1. The molecule has 28 heavy (non-hydrogen) atoms. The minimum Gasteiger partial charge on any atom is -0.493 e. The molecule has 0 amide bonds. The molecule has 2 aromatic carbocycles. The molecule has 0 atom stereocenters. The Morgan fingerprint density at radius 3 is 2.50 bits per heavy atom. The average molecular weight is 379 g/mol. The van der Waals surface area contributed by atoms with Gasteiger partial charge in [-0.05, 0) is 42.8 Å². The third-order valence-corrected chi connectivity index (χ3v) is 4.12. The van der Waals surface area contributed by atoms with E-state index < -0.39 is 0 Å². The minimum atomic E-state index is 0.558. The Morgan fingerprint density at radius 1 is 1.07 bits per heavy atom. The molecule has 0 aliphatic rings. The molecule has 0 unspecified atom stereocenters. The summed E-state index contributed by atoms with van der Waals surface area (Å²) >= 11 is 0. The molecule has 146 valence electrons. The van der Waals surface area contributed by atoms with Crippen LogP contribution in [-0.4, -0.2) is 36.5 Å². The van der Waals surface area contributed by atoms with E-state index in [0.29, 0.717) is 24.0 Å². The van der Waals surface area contributed by atoms with Crippen LogP contribution in [0.3, 0.4) is 0 Å². The van der Waals surface area contributed by atoms with Gasteiger partial charge in [-0.15, -0.1) is 0 Å². The normalized spacial score (nSPS) is 11.2. The maximum absolute atomic E-state index is 5.36. The number of anilines is 1. The molecular formula is C21H25N5O2. The molecule has 3 aromatic rings. The average Bonchev–Trinajstić information content (AvgIpc) is 3.27. The van der Waals surface area contributed by atoms with Crippen molar-refractivity contribution >= 4 is 11.6 Å². The Morgan fingerprint density at radius 2 is 1.86 bits per heavy atom. The number of aromatic nitrogens is 2. The zero-order chi connectivity index (χ0) is 19.8. The van der Waals surface area contributed by atoms with Gasteiger partial charge in [0.15, 0.2) is 17.5 Å². The summed E-state index contributed by atoms with van der Waals surface area (Å²) in [6.45, 7) is 3.35. The molecule has 3 rings (SSSR count). The number of benzene rings is 2. The first-order valence-electron chi connectivity index (χ1n) is 9.09. The predicted octanol–water partition coefficient (Wildman–Crippen LogP) is 3.47. The van der Waals surface area contributed by atoms with Gasteiger partial charge in [0.25, 0.3) is 0 Å². The summed E-state index contributed by atoms with van der Waals surface area (Å²) in [5, 5.41) is 10.8. The molecule has 0 saturated carbocycles. The molecule has 1 heterocycles. The second-order valence-corrected chi connectivity index (χ2v) is 6.01. The lowest BCUT2D eigenvalue weighted by atomic mass is 10.2. The van der Waals surface area contributed by atoms with Crippen LogP contribution in [0.2, 0.25) is 0 Å². The Hall–Kier alpha value is -3.48. The third kappa shape index (κ3) is 4.82. The Balaban J connectivity index is 1.70. The predicted molar refractivity (Wildman–Crippen MR) is 112 cm³/mol. The van der Waals surface area contributed by atoms with Crippen LogP contribution in [0.25, 0.3) is 5.69 Å². The number of hydrogen-bond acceptors (Lipinski definition) is 4. The molecular weight excluding hydrogens is 354 g/mol. The van der Waals surface area contributed by atoms with Crippen molar-refractivity contribution in [3.63, 3.8) is 0 Å². The maximum atomic E-state index is 5.36. The summed E-state index contributed by atoms with van der Waals surface area (Å²) in [6.07, 6.45) is 3.68. The molecule has 0 aliphatic carbocycles. The standard InChI is InChI=1S/C21H25N5O2/c1-4-22-21(25-17-8-11-19(27-2)20(14-17)28-3)23-15-16-6-9-18(10-7-16)26-13-5-12-24-26/h5-14H,4,15H2,1-3H3,(H2,22,23,25). The lowest BCUT2D eigenvalue weighted by Crippen LogP contribution is -2.30. The monoisotopic (exact) mass is 379 g/mol. The lowest BCUT2D eigenvalue weighted by Gasteiger charge is -2.14. The van der Waals surface area contributed by atoms with Gasteiger partial charge < -0.3 is 20.1 Å². The highest BCUT2D eigenvalue weighted by Gasteiger charge is 2.06. The van der Waals surface area contributed by atoms with Crippen molar-refractivity contribution in [1.29, 1.82) is 0 Å². The van der Waals surface area contributed by atoms with E-state index in [1.807, 2.05) is 54.2 Å². The van der Waals surface area contributed by atoms with Crippen molar-refractivity contribution in [2.75, 3.05) is 26.1 Å². The van der Waals surface area contributed by atoms with Crippen molar-refractivity contribution in [3.8, 4) is 17.2 Å². The zero-order valence-corrected chi connectivity index (χ0v) is 16.3. The van der Waals surface area contributed by atoms with Gasteiger partial charge in [0.2, 0.25) is 0 Å². The highest BCUT2D eigenvalue weighted by atomic mass is 16.5. The first-order valence-corrected chi connectivity index (χ1v) is 9.09. The topological polar surface area (TPSA) is 72.7 Å². The number of methoxy groups -OCH3 is 2. The SMILES string of the molecule is CCNC(=NCc1ccc(-n2cccn2)cc1)Nc1ccc(OC)c(OC)c1. The van der Waals surface area contributed by atoms with E-state index in [9.17, 15) is 0 Å². The van der Waals surface area contributed by atoms with E-state index in [2.05, 4.69) is 32.9 Å². The molecule has 7 nitrogen and oxygen atoms in total. The van der Waals surface area contributed by atoms with E-state index in [1.54, 1.807) is 20.4 Å². The first kappa shape index (κ1) is 19.3. The second kappa shape index (κ2) is 9.45. The summed E-state index contributed by atoms with van der Waals surface area (Å²) in [4.78, 5) is 4.67. The largest absolute Gasteiger partial charge is 0.493 e. The summed E-state index contributed by atoms with van der Waals surface area (Å²) in [5.74, 6) is 2.05. The Labute approximate surface area is 165 Å². The van der Waals surface area contributed by atoms with Gasteiger partial charge in [-0.1, -0.05) is 12.1 Å². The number of guanidine groups is 1. The summed E-state index contributed by atoms with van der Waals surface area (Å²) in [6, 6.07) is 15.7. The van der Waals surface area contributed by atoms with Crippen molar-refractivity contribution in [2.24, 2.45) is 4.99 Å². The molecule has 0 saturated heterocycles. The van der Waals surface area contributed by atoms with Crippen molar-refractivity contribution in [3.05, 3.63) is 66.5 Å². The van der Waals surface area contributed by atoms with Crippen molar-refractivity contribution in [1.82, 2.24) is 15.1 Å². The van der Waals surface area contributed by atoms with Crippen LogP contribution in [0.15, 0.2) is 65.9 Å². The number of nitrogens with zero attached hydrogens (tertiary/aromatic N) is 3. The highest BCUT2D eigenvalue weighted by molar-refractivity contribution is 5.93. The molecule has 1 aromatic heterocycles. The van der Waals surface area contributed by atoms with Crippen LogP contribution in [-0.2, 0) is 6.54 Å². The molecule has 0 aliphatic heterocycles. The second-order valence-electron chi connectivity index (χ2n) is 6.01. The minimum absolute atomic E-state index is 0.558. The Kier molecular flexibility index (Phi) is 6.51. The molecule has 0 spiro atoms. The fourth-order valence-corrected chi connectivity index (χ4v) is 2.70. The van der Waals surface area contributed by atoms with Crippen LogP contribution in [0.5, 0.6) is 11.5 Å². The first-order chi connectivity index (χ1) is 13.7. The Bertz CT molecular complexity index is 905. The van der Waals surface area contributed by atoms with Gasteiger partial charge in [0, 0.05) is 30.7 Å². The van der Waals surface area contributed by atoms with E-state index in [-0.39, 0.29) is 0 Å². The fraction of sp³-hybridized carbons (Fsp3) is 0.238. The number of ether oxygens (including phenoxy) is 2. The van der Waals surface area contributed by atoms with Crippen LogP contribution < -0.4 is 20.1 Å². The smallest absolute Gasteiger partial charge is 0.196 e.